The Labute approximate surface area is 305 Å². The van der Waals surface area contributed by atoms with Gasteiger partial charge in [-0.25, -0.2) is 0 Å². The van der Waals surface area contributed by atoms with Gasteiger partial charge in [0.05, 0.1) is 18.2 Å². The van der Waals surface area contributed by atoms with Crippen LogP contribution in [0.25, 0.3) is 10.9 Å². The number of H-pyrrole nitrogens is 1. The topological polar surface area (TPSA) is 72.6 Å². The number of rotatable bonds is 15. The molecule has 4 saturated carbocycles. The lowest BCUT2D eigenvalue weighted by Gasteiger charge is -2.54. The van der Waals surface area contributed by atoms with Gasteiger partial charge < -0.3 is 24.2 Å². The highest BCUT2D eigenvalue weighted by molar-refractivity contribution is 6.74. The van der Waals surface area contributed by atoms with Crippen molar-refractivity contribution >= 4 is 19.2 Å². The Bertz CT molecular complexity index is 1790. The van der Waals surface area contributed by atoms with Gasteiger partial charge >= 0.3 is 0 Å². The molecule has 0 aliphatic heterocycles. The molecular weight excluding hydrogens is 649 g/mol. The minimum atomic E-state index is -2.14. The van der Waals surface area contributed by atoms with E-state index in [0.717, 1.165) is 71.4 Å². The molecule has 4 aromatic rings. The third-order valence-corrected chi connectivity index (χ3v) is 17.2. The first-order valence-corrected chi connectivity index (χ1v) is 22.4. The highest BCUT2D eigenvalue weighted by Crippen LogP contribution is 2.57. The maximum Gasteiger partial charge on any atom is 0.248 e. The van der Waals surface area contributed by atoms with E-state index in [2.05, 4.69) is 74.5 Å². The molecule has 7 heteroatoms. The molecule has 4 aliphatic rings. The predicted molar refractivity (Wildman–Crippen MR) is 210 cm³/mol. The van der Waals surface area contributed by atoms with Crippen LogP contribution < -0.4 is 20.3 Å². The molecule has 0 unspecified atom stereocenters. The maximum atomic E-state index is 12.5. The molecule has 1 aromatic heterocycles. The Morgan fingerprint density at radius 2 is 1.53 bits per heavy atom. The van der Waals surface area contributed by atoms with Gasteiger partial charge in [-0.3, -0.25) is 4.79 Å². The second kappa shape index (κ2) is 15.3. The fraction of sp³-hybridized carbons (Fsp3) is 0.523. The summed E-state index contributed by atoms with van der Waals surface area (Å²) < 4.78 is 19.6. The highest BCUT2D eigenvalue weighted by Gasteiger charge is 2.47. The predicted octanol–water partition coefficient (Wildman–Crippen LogP) is 9.84. The number of aromatic nitrogens is 1. The quantitative estimate of drug-likeness (QED) is 0.0952. The standard InChI is InChI=1S/C44H58N2O4Si/c1-44(2,3)51(4,5)50-41(38-15-17-40(43-39(38)16-18-42(47)46-43)49-29-31-9-7-6-8-10-31)28-45-21-19-30-11-13-36(14-12-30)48-22-20-37-34-24-32-23-33(26-34)27-35(37)25-32/h6-18,32-35,37,41,45H,19-29H2,1-5H3,(H,46,47)/t32?,33?,34?,35?,37?,41-/m0/s1. The summed E-state index contributed by atoms with van der Waals surface area (Å²) in [4.78, 5) is 15.6. The van der Waals surface area contributed by atoms with E-state index in [0.29, 0.717) is 24.4 Å². The van der Waals surface area contributed by atoms with Crippen LogP contribution in [0, 0.1) is 29.6 Å². The van der Waals surface area contributed by atoms with E-state index in [1.54, 1.807) is 6.07 Å². The maximum absolute atomic E-state index is 12.5. The number of hydrogen-bond acceptors (Lipinski definition) is 5. The molecule has 8 rings (SSSR count). The number of ether oxygens (including phenoxy) is 2. The van der Waals surface area contributed by atoms with Gasteiger partial charge in [-0.2, -0.15) is 0 Å². The van der Waals surface area contributed by atoms with Crippen molar-refractivity contribution in [3.05, 3.63) is 106 Å². The molecule has 272 valence electrons. The SMILES string of the molecule is CC(C)(C)[Si](C)(C)O[C@@H](CNCCc1ccc(OCCC2C3CC4CC(C3)CC2C4)cc1)c1ccc(OCc2ccccc2)c2[nH]c(=O)ccc12. The first-order chi connectivity index (χ1) is 24.5. The van der Waals surface area contributed by atoms with E-state index in [-0.39, 0.29) is 16.7 Å². The molecule has 1 heterocycles. The number of hydrogen-bond donors (Lipinski definition) is 2. The smallest absolute Gasteiger partial charge is 0.248 e. The van der Waals surface area contributed by atoms with Crippen molar-refractivity contribution in [1.29, 1.82) is 0 Å². The first-order valence-electron chi connectivity index (χ1n) is 19.5. The summed E-state index contributed by atoms with van der Waals surface area (Å²) in [5, 5.41) is 4.72. The average molecular weight is 707 g/mol. The van der Waals surface area contributed by atoms with E-state index >= 15 is 0 Å². The van der Waals surface area contributed by atoms with Gasteiger partial charge in [0.25, 0.3) is 0 Å². The number of benzene rings is 3. The zero-order valence-corrected chi connectivity index (χ0v) is 32.4. The van der Waals surface area contributed by atoms with Crippen molar-refractivity contribution in [2.45, 2.75) is 96.6 Å². The first kappa shape index (κ1) is 36.0. The zero-order valence-electron chi connectivity index (χ0n) is 31.4. The van der Waals surface area contributed by atoms with Crippen LogP contribution in [0.2, 0.25) is 18.1 Å². The summed E-state index contributed by atoms with van der Waals surface area (Å²) in [6.07, 6.45) is 9.40. The zero-order chi connectivity index (χ0) is 35.6. The Hall–Kier alpha value is -3.39. The Kier molecular flexibility index (Phi) is 10.8. The molecule has 0 spiro atoms. The van der Waals surface area contributed by atoms with Gasteiger partial charge in [-0.1, -0.05) is 69.3 Å². The second-order valence-corrected chi connectivity index (χ2v) is 22.0. The van der Waals surface area contributed by atoms with Gasteiger partial charge in [0.2, 0.25) is 5.56 Å². The molecule has 2 N–H and O–H groups in total. The summed E-state index contributed by atoms with van der Waals surface area (Å²) in [7, 11) is -2.14. The van der Waals surface area contributed by atoms with E-state index < -0.39 is 8.32 Å². The van der Waals surface area contributed by atoms with Crippen LogP contribution in [-0.4, -0.2) is 33.0 Å². The van der Waals surface area contributed by atoms with Crippen molar-refractivity contribution in [2.75, 3.05) is 19.7 Å². The molecule has 6 nitrogen and oxygen atoms in total. The van der Waals surface area contributed by atoms with E-state index in [1.165, 1.54) is 44.1 Å². The fourth-order valence-corrected chi connectivity index (χ4v) is 10.4. The lowest BCUT2D eigenvalue weighted by atomic mass is 9.51. The monoisotopic (exact) mass is 706 g/mol. The molecule has 0 amide bonds. The van der Waals surface area contributed by atoms with Crippen LogP contribution in [0.3, 0.4) is 0 Å². The summed E-state index contributed by atoms with van der Waals surface area (Å²) in [5.41, 5.74) is 3.98. The Morgan fingerprint density at radius 1 is 0.824 bits per heavy atom. The van der Waals surface area contributed by atoms with Gasteiger partial charge in [-0.05, 0) is 140 Å². The second-order valence-electron chi connectivity index (χ2n) is 17.2. The van der Waals surface area contributed by atoms with Crippen LogP contribution in [0.1, 0.15) is 82.1 Å². The Balaban J connectivity index is 0.975. The molecule has 0 saturated heterocycles. The molecule has 0 radical (unpaired) electrons. The van der Waals surface area contributed by atoms with Crippen molar-refractivity contribution in [2.24, 2.45) is 29.6 Å². The van der Waals surface area contributed by atoms with E-state index in [9.17, 15) is 4.79 Å². The summed E-state index contributed by atoms with van der Waals surface area (Å²) in [6, 6.07) is 26.4. The van der Waals surface area contributed by atoms with Crippen LogP contribution >= 0.6 is 0 Å². The lowest BCUT2D eigenvalue weighted by molar-refractivity contribution is -0.0435. The van der Waals surface area contributed by atoms with Crippen molar-refractivity contribution in [3.8, 4) is 11.5 Å². The minimum absolute atomic E-state index is 0.0491. The third kappa shape index (κ3) is 8.47. The molecule has 1 atom stereocenters. The summed E-state index contributed by atoms with van der Waals surface area (Å²) in [5.74, 6) is 6.53. The Morgan fingerprint density at radius 3 is 2.22 bits per heavy atom. The largest absolute Gasteiger partial charge is 0.494 e. The number of aromatic amines is 1. The summed E-state index contributed by atoms with van der Waals surface area (Å²) in [6.45, 7) is 14.2. The molecule has 4 aliphatic carbocycles. The number of fused-ring (bicyclic) bond motifs is 1. The lowest BCUT2D eigenvalue weighted by Crippen LogP contribution is -2.45. The average Bonchev–Trinajstić information content (AvgIpc) is 3.10. The highest BCUT2D eigenvalue weighted by atomic mass is 28.4. The van der Waals surface area contributed by atoms with Crippen molar-refractivity contribution in [3.63, 3.8) is 0 Å². The van der Waals surface area contributed by atoms with Crippen LogP contribution in [0.15, 0.2) is 83.7 Å². The van der Waals surface area contributed by atoms with Crippen LogP contribution in [-0.2, 0) is 17.5 Å². The molecule has 3 aromatic carbocycles. The molecule has 4 bridgehead atoms. The fourth-order valence-electron chi connectivity index (χ4n) is 9.17. The van der Waals surface area contributed by atoms with Gasteiger partial charge in [0.15, 0.2) is 8.32 Å². The number of nitrogens with one attached hydrogen (secondary N) is 2. The number of pyridine rings is 1. The van der Waals surface area contributed by atoms with Crippen molar-refractivity contribution < 1.29 is 13.9 Å². The van der Waals surface area contributed by atoms with Crippen LogP contribution in [0.5, 0.6) is 11.5 Å². The minimum Gasteiger partial charge on any atom is -0.494 e. The molecular formula is C44H58N2O4Si. The van der Waals surface area contributed by atoms with Gasteiger partial charge in [-0.15, -0.1) is 0 Å². The van der Waals surface area contributed by atoms with Gasteiger partial charge in [0.1, 0.15) is 18.1 Å². The van der Waals surface area contributed by atoms with Gasteiger partial charge in [0, 0.05) is 18.0 Å². The van der Waals surface area contributed by atoms with E-state index in [1.807, 2.05) is 42.5 Å². The third-order valence-electron chi connectivity index (χ3n) is 12.7. The normalized spacial score (nSPS) is 23.4. The van der Waals surface area contributed by atoms with Crippen LogP contribution in [0.4, 0.5) is 0 Å². The molecule has 51 heavy (non-hydrogen) atoms. The molecule has 4 fully saturated rings. The van der Waals surface area contributed by atoms with Crippen molar-refractivity contribution in [1.82, 2.24) is 10.3 Å². The summed E-state index contributed by atoms with van der Waals surface area (Å²) >= 11 is 0. The van der Waals surface area contributed by atoms with E-state index in [4.69, 9.17) is 13.9 Å².